The summed E-state index contributed by atoms with van der Waals surface area (Å²) in [7, 11) is 0. The van der Waals surface area contributed by atoms with Crippen molar-refractivity contribution >= 4 is 23.3 Å². The van der Waals surface area contributed by atoms with E-state index < -0.39 is 24.3 Å². The first kappa shape index (κ1) is 31.4. The molecule has 2 N–H and O–H groups in total. The highest BCUT2D eigenvalue weighted by atomic mass is 32.1. The van der Waals surface area contributed by atoms with E-state index in [0.717, 1.165) is 37.4 Å². The maximum atomic E-state index is 10.6. The molecule has 0 aromatic carbocycles. The van der Waals surface area contributed by atoms with Gasteiger partial charge in [0.25, 0.3) is 0 Å². The summed E-state index contributed by atoms with van der Waals surface area (Å²) in [5.74, 6) is -5.51. The molecule has 9 nitrogen and oxygen atoms in total. The van der Waals surface area contributed by atoms with Crippen molar-refractivity contribution in [3.63, 3.8) is 0 Å². The number of rotatable bonds is 5. The van der Waals surface area contributed by atoms with E-state index in [-0.39, 0.29) is 12.2 Å². The Hall–Kier alpha value is -2.82. The zero-order chi connectivity index (χ0) is 28.5. The van der Waals surface area contributed by atoms with Crippen LogP contribution in [0.4, 0.5) is 26.3 Å². The van der Waals surface area contributed by atoms with Gasteiger partial charge in [0.2, 0.25) is 0 Å². The van der Waals surface area contributed by atoms with Gasteiger partial charge in [-0.3, -0.25) is 9.88 Å². The Bertz CT molecular complexity index is 1010. The Balaban J connectivity index is 0.000000301. The smallest absolute Gasteiger partial charge is 0.475 e. The van der Waals surface area contributed by atoms with Gasteiger partial charge in [0.15, 0.2) is 0 Å². The molecule has 0 radical (unpaired) electrons. The van der Waals surface area contributed by atoms with Crippen LogP contribution in [0.2, 0.25) is 0 Å². The molecule has 0 aliphatic carbocycles. The summed E-state index contributed by atoms with van der Waals surface area (Å²) in [5.41, 5.74) is 2.22. The molecule has 0 unspecified atom stereocenters. The van der Waals surface area contributed by atoms with Crippen molar-refractivity contribution in [2.45, 2.75) is 63.5 Å². The highest BCUT2D eigenvalue weighted by Crippen LogP contribution is 2.32. The van der Waals surface area contributed by atoms with Crippen molar-refractivity contribution in [3.8, 4) is 0 Å². The summed E-state index contributed by atoms with van der Waals surface area (Å²) in [6.45, 7) is 5.30. The van der Waals surface area contributed by atoms with Crippen LogP contribution in [0.3, 0.4) is 0 Å². The van der Waals surface area contributed by atoms with Crippen LogP contribution in [-0.2, 0) is 32.2 Å². The monoisotopic (exact) mass is 573 g/mol. The zero-order valence-corrected chi connectivity index (χ0v) is 20.7. The van der Waals surface area contributed by atoms with Gasteiger partial charge in [-0.2, -0.15) is 26.3 Å². The van der Waals surface area contributed by atoms with E-state index in [0.29, 0.717) is 12.6 Å². The summed E-state index contributed by atoms with van der Waals surface area (Å²) >= 11 is 1.74. The number of halogens is 6. The normalized spacial score (nSPS) is 21.4. The first-order valence-corrected chi connectivity index (χ1v) is 11.9. The van der Waals surface area contributed by atoms with Gasteiger partial charge in [-0.1, -0.05) is 6.07 Å². The molecule has 2 saturated heterocycles. The predicted molar refractivity (Wildman–Crippen MR) is 120 cm³/mol. The number of nitrogens with zero attached hydrogens (tertiary/aromatic N) is 3. The van der Waals surface area contributed by atoms with Gasteiger partial charge < -0.3 is 19.7 Å². The Morgan fingerprint density at radius 2 is 1.82 bits per heavy atom. The summed E-state index contributed by atoms with van der Waals surface area (Å²) in [4.78, 5) is 29.1. The molecule has 16 heteroatoms. The minimum atomic E-state index is -5.08. The van der Waals surface area contributed by atoms with E-state index in [4.69, 9.17) is 29.3 Å². The Morgan fingerprint density at radius 1 is 1.18 bits per heavy atom. The number of ether oxygens (including phenoxy) is 2. The molecular weight excluding hydrogens is 548 g/mol. The van der Waals surface area contributed by atoms with Crippen molar-refractivity contribution in [1.82, 2.24) is 14.9 Å². The fraction of sp³-hybridized carbons (Fsp3) is 0.545. The van der Waals surface area contributed by atoms with Crippen LogP contribution in [0.5, 0.6) is 0 Å². The van der Waals surface area contributed by atoms with Gasteiger partial charge in [0.1, 0.15) is 11.1 Å². The van der Waals surface area contributed by atoms with Gasteiger partial charge >= 0.3 is 24.3 Å². The molecule has 0 amide bonds. The number of carbonyl (C=O) groups is 2. The van der Waals surface area contributed by atoms with Gasteiger partial charge in [-0.25, -0.2) is 14.6 Å². The second kappa shape index (κ2) is 13.8. The lowest BCUT2D eigenvalue weighted by molar-refractivity contribution is -0.193. The highest BCUT2D eigenvalue weighted by Gasteiger charge is 2.44. The number of hydrogen-bond donors (Lipinski definition) is 2. The lowest BCUT2D eigenvalue weighted by atomic mass is 10.0. The second-order valence-electron chi connectivity index (χ2n) is 8.17. The number of alkyl halides is 6. The molecular formula is C22H25F6N3O6S. The summed E-state index contributed by atoms with van der Waals surface area (Å²) in [5, 5.41) is 17.6. The third kappa shape index (κ3) is 10.2. The molecule has 212 valence electrons. The summed E-state index contributed by atoms with van der Waals surface area (Å²) in [6, 6.07) is 4.45. The van der Waals surface area contributed by atoms with Crippen molar-refractivity contribution in [2.24, 2.45) is 0 Å². The fourth-order valence-corrected chi connectivity index (χ4v) is 4.46. The molecule has 4 heterocycles. The Labute approximate surface area is 217 Å². The van der Waals surface area contributed by atoms with Gasteiger partial charge in [-0.15, -0.1) is 11.3 Å². The van der Waals surface area contributed by atoms with Crippen molar-refractivity contribution in [1.29, 1.82) is 0 Å². The topological polar surface area (TPSA) is 122 Å². The van der Waals surface area contributed by atoms with Crippen LogP contribution in [-0.4, -0.2) is 80.8 Å². The van der Waals surface area contributed by atoms with Gasteiger partial charge in [-0.05, 0) is 31.4 Å². The third-order valence-electron chi connectivity index (χ3n) is 5.26. The maximum Gasteiger partial charge on any atom is 0.490 e. The highest BCUT2D eigenvalue weighted by molar-refractivity contribution is 7.09. The van der Waals surface area contributed by atoms with Crippen LogP contribution in [0.15, 0.2) is 29.9 Å². The lowest BCUT2D eigenvalue weighted by Gasteiger charge is -2.32. The number of carboxylic acid groups (broad SMARTS) is 2. The molecule has 2 fully saturated rings. The van der Waals surface area contributed by atoms with E-state index in [2.05, 4.69) is 33.2 Å². The largest absolute Gasteiger partial charge is 0.490 e. The number of pyridine rings is 1. The SMILES string of the molecule is Cc1csc(CN2C[C@@H](OCc3cccnc3)[C@H]3OCCC[C@H]32)n1.O=C(O)C(F)(F)F.O=C(O)C(F)(F)F. The van der Waals surface area contributed by atoms with Crippen molar-refractivity contribution in [2.75, 3.05) is 13.2 Å². The van der Waals surface area contributed by atoms with Crippen LogP contribution < -0.4 is 0 Å². The minimum Gasteiger partial charge on any atom is -0.475 e. The third-order valence-corrected chi connectivity index (χ3v) is 6.21. The Morgan fingerprint density at radius 3 is 2.32 bits per heavy atom. The van der Waals surface area contributed by atoms with E-state index in [1.807, 2.05) is 12.3 Å². The molecule has 0 saturated carbocycles. The van der Waals surface area contributed by atoms with Crippen molar-refractivity contribution < 1.29 is 55.6 Å². The van der Waals surface area contributed by atoms with Crippen molar-refractivity contribution in [3.05, 3.63) is 46.2 Å². The number of aromatic nitrogens is 2. The lowest BCUT2D eigenvalue weighted by Crippen LogP contribution is -2.41. The number of likely N-dealkylation sites (tertiary alicyclic amines) is 1. The molecule has 2 aromatic heterocycles. The predicted octanol–water partition coefficient (Wildman–Crippen LogP) is 4.06. The minimum absolute atomic E-state index is 0.122. The van der Waals surface area contributed by atoms with Gasteiger partial charge in [0, 0.05) is 42.7 Å². The average Bonchev–Trinajstić information content (AvgIpc) is 3.41. The van der Waals surface area contributed by atoms with E-state index in [1.165, 1.54) is 11.4 Å². The number of hydrogen-bond acceptors (Lipinski definition) is 8. The number of fused-ring (bicyclic) bond motifs is 1. The van der Waals surface area contributed by atoms with E-state index in [9.17, 15) is 26.3 Å². The quantitative estimate of drug-likeness (QED) is 0.510. The molecule has 4 rings (SSSR count). The molecule has 0 spiro atoms. The molecule has 38 heavy (non-hydrogen) atoms. The zero-order valence-electron chi connectivity index (χ0n) is 19.9. The van der Waals surface area contributed by atoms with Crippen LogP contribution in [0.1, 0.15) is 29.1 Å². The first-order valence-electron chi connectivity index (χ1n) is 11.1. The number of aryl methyl sites for hydroxylation is 1. The Kier molecular flexibility index (Phi) is 11.4. The molecule has 3 atom stereocenters. The van der Waals surface area contributed by atoms with E-state index >= 15 is 0 Å². The average molecular weight is 574 g/mol. The number of thiazole rings is 1. The molecule has 0 bridgehead atoms. The van der Waals surface area contributed by atoms with Crippen LogP contribution in [0.25, 0.3) is 0 Å². The van der Waals surface area contributed by atoms with Gasteiger partial charge in [0.05, 0.1) is 19.3 Å². The molecule has 2 aliphatic heterocycles. The van der Waals surface area contributed by atoms with Crippen LogP contribution >= 0.6 is 11.3 Å². The second-order valence-corrected chi connectivity index (χ2v) is 9.12. The summed E-state index contributed by atoms with van der Waals surface area (Å²) in [6.07, 6.45) is -3.90. The standard InChI is InChI=1S/C18H23N3O2S.2C2HF3O2/c1-13-12-24-17(20-13)10-21-9-16(18-15(21)5-3-7-22-18)23-11-14-4-2-6-19-8-14;2*3-2(4,5)1(6)7/h2,4,6,8,12,15-16,18H,3,5,7,9-11H2,1H3;2*(H,6,7)/t15-,16-,18+;;/m1../s1. The number of carboxylic acids is 2. The van der Waals surface area contributed by atoms with Crippen LogP contribution in [0, 0.1) is 6.92 Å². The molecule has 2 aromatic rings. The van der Waals surface area contributed by atoms with E-state index in [1.54, 1.807) is 17.5 Å². The fourth-order valence-electron chi connectivity index (χ4n) is 3.67. The first-order chi connectivity index (χ1) is 17.7. The summed E-state index contributed by atoms with van der Waals surface area (Å²) < 4.78 is 75.8. The number of aliphatic carboxylic acids is 2. The molecule has 2 aliphatic rings. The maximum absolute atomic E-state index is 10.6.